The fourth-order valence-corrected chi connectivity index (χ4v) is 8.63. The zero-order chi connectivity index (χ0) is 26.0. The van der Waals surface area contributed by atoms with Crippen molar-refractivity contribution >= 4 is 72.2 Å². The highest BCUT2D eigenvalue weighted by Crippen LogP contribution is 2.44. The van der Waals surface area contributed by atoms with E-state index in [1.807, 2.05) is 72.8 Å². The lowest BCUT2D eigenvalue weighted by molar-refractivity contribution is 0.592. The second kappa shape index (κ2) is 8.39. The number of hydrogen-bond acceptors (Lipinski definition) is 2. The van der Waals surface area contributed by atoms with Gasteiger partial charge in [-0.3, -0.25) is 4.40 Å². The van der Waals surface area contributed by atoms with E-state index in [0.717, 1.165) is 54.3 Å². The van der Waals surface area contributed by atoms with Crippen molar-refractivity contribution in [2.24, 2.45) is 0 Å². The Balaban J connectivity index is 1.55. The van der Waals surface area contributed by atoms with Gasteiger partial charge in [-0.25, -0.2) is 4.98 Å². The molecule has 4 heteroatoms. The largest absolute Gasteiger partial charge is 0.309 e. The molecule has 0 atom stereocenters. The van der Waals surface area contributed by atoms with Crippen molar-refractivity contribution in [2.45, 2.75) is 0 Å². The number of para-hydroxylation sites is 2. The Morgan fingerprint density at radius 1 is 0.487 bits per heavy atom. The van der Waals surface area contributed by atoms with Crippen LogP contribution < -0.4 is 15.9 Å². The normalized spacial score (nSPS) is 12.2. The van der Waals surface area contributed by atoms with Gasteiger partial charge >= 0.3 is 0 Å². The van der Waals surface area contributed by atoms with Gasteiger partial charge < -0.3 is 4.57 Å². The number of benzene rings is 6. The first-order valence-corrected chi connectivity index (χ1v) is 14.8. The van der Waals surface area contributed by atoms with E-state index < -0.39 is 7.14 Å². The van der Waals surface area contributed by atoms with Crippen LogP contribution in [0.15, 0.2) is 140 Å². The van der Waals surface area contributed by atoms with E-state index in [9.17, 15) is 0 Å². The van der Waals surface area contributed by atoms with Gasteiger partial charge in [-0.05, 0) is 58.6 Å². The van der Waals surface area contributed by atoms with Crippen molar-refractivity contribution in [1.29, 1.82) is 0 Å². The molecule has 39 heavy (non-hydrogen) atoms. The van der Waals surface area contributed by atoms with E-state index in [-0.39, 0.29) is 0 Å². The van der Waals surface area contributed by atoms with Crippen molar-refractivity contribution in [1.82, 2.24) is 9.38 Å². The Labute approximate surface area is 225 Å². The van der Waals surface area contributed by atoms with Gasteiger partial charge in [0, 0.05) is 26.7 Å². The third kappa shape index (κ3) is 3.24. The predicted octanol–water partition coefficient (Wildman–Crippen LogP) is 7.59. The number of aromatic nitrogens is 2. The molecular formula is C35H23N2OP. The van der Waals surface area contributed by atoms with Crippen LogP contribution in [0, 0.1) is 0 Å². The molecule has 2 heterocycles. The summed E-state index contributed by atoms with van der Waals surface area (Å²) in [6.07, 6.45) is 0. The minimum atomic E-state index is -3.13. The van der Waals surface area contributed by atoms with Crippen LogP contribution in [0.3, 0.4) is 0 Å². The molecular weight excluding hydrogens is 495 g/mol. The fourth-order valence-electron chi connectivity index (χ4n) is 5.95. The van der Waals surface area contributed by atoms with E-state index >= 15 is 4.57 Å². The second-order valence-corrected chi connectivity index (χ2v) is 12.8. The molecule has 0 saturated carbocycles. The first-order valence-electron chi connectivity index (χ1n) is 13.1. The number of nitrogens with zero attached hydrogens (tertiary/aromatic N) is 2. The molecule has 8 aromatic rings. The zero-order valence-electron chi connectivity index (χ0n) is 21.0. The van der Waals surface area contributed by atoms with Crippen LogP contribution in [0.4, 0.5) is 0 Å². The highest BCUT2D eigenvalue weighted by Gasteiger charge is 2.30. The third-order valence-corrected chi connectivity index (χ3v) is 10.9. The van der Waals surface area contributed by atoms with Gasteiger partial charge in [0.1, 0.15) is 5.65 Å². The lowest BCUT2D eigenvalue weighted by atomic mass is 10.0. The van der Waals surface area contributed by atoms with Crippen LogP contribution >= 0.6 is 7.14 Å². The Hall–Kier alpha value is -4.72. The Kier molecular flexibility index (Phi) is 4.79. The fraction of sp³-hybridized carbons (Fsp3) is 0. The average Bonchev–Trinajstić information content (AvgIpc) is 3.41. The van der Waals surface area contributed by atoms with E-state index in [1.165, 1.54) is 10.8 Å². The Morgan fingerprint density at radius 2 is 1.08 bits per heavy atom. The number of pyridine rings is 1. The molecule has 0 saturated heterocycles. The number of hydrogen-bond donors (Lipinski definition) is 0. The molecule has 0 spiro atoms. The average molecular weight is 519 g/mol. The quantitative estimate of drug-likeness (QED) is 0.137. The van der Waals surface area contributed by atoms with Crippen LogP contribution in [-0.4, -0.2) is 9.38 Å². The Bertz CT molecular complexity index is 2210. The van der Waals surface area contributed by atoms with Gasteiger partial charge in [-0.1, -0.05) is 97.1 Å². The van der Waals surface area contributed by atoms with Crippen LogP contribution in [0.2, 0.25) is 0 Å². The maximum absolute atomic E-state index is 15.2. The molecule has 0 fully saturated rings. The molecule has 184 valence electrons. The SMILES string of the molecule is O=P(c1ccccc1)(c1ccccc1)c1ccc2c(c1)c1cc3ccccc3cc1c1nc3ccccc3n21. The summed E-state index contributed by atoms with van der Waals surface area (Å²) in [6, 6.07) is 47.3. The molecule has 0 radical (unpaired) electrons. The van der Waals surface area contributed by atoms with Crippen LogP contribution in [0.1, 0.15) is 0 Å². The number of fused-ring (bicyclic) bond motifs is 9. The molecule has 0 N–H and O–H groups in total. The predicted molar refractivity (Wildman–Crippen MR) is 165 cm³/mol. The molecule has 0 bridgehead atoms. The van der Waals surface area contributed by atoms with Gasteiger partial charge in [0.15, 0.2) is 7.14 Å². The smallest absolute Gasteiger partial charge is 0.171 e. The molecule has 0 aliphatic carbocycles. The highest BCUT2D eigenvalue weighted by atomic mass is 31.2. The van der Waals surface area contributed by atoms with Crippen molar-refractivity contribution in [3.8, 4) is 0 Å². The molecule has 0 amide bonds. The monoisotopic (exact) mass is 518 g/mol. The molecule has 2 aromatic heterocycles. The van der Waals surface area contributed by atoms with Crippen LogP contribution in [0.5, 0.6) is 0 Å². The second-order valence-electron chi connectivity index (χ2n) is 9.99. The topological polar surface area (TPSA) is 34.4 Å². The van der Waals surface area contributed by atoms with E-state index in [2.05, 4.69) is 71.1 Å². The van der Waals surface area contributed by atoms with Crippen LogP contribution in [-0.2, 0) is 4.57 Å². The standard InChI is InChI=1S/C35H23N2OP/c38-39(26-13-3-1-4-14-26,27-15-5-2-6-16-27)28-19-20-33-30(23-28)29-21-24-11-7-8-12-25(24)22-31(29)35-36-32-17-9-10-18-34(32)37(33)35/h1-23H. The Morgan fingerprint density at radius 3 is 1.77 bits per heavy atom. The van der Waals surface area contributed by atoms with Gasteiger partial charge in [0.2, 0.25) is 0 Å². The molecule has 3 nitrogen and oxygen atoms in total. The van der Waals surface area contributed by atoms with E-state index in [0.29, 0.717) is 0 Å². The minimum absolute atomic E-state index is 0.825. The van der Waals surface area contributed by atoms with Crippen LogP contribution in [0.25, 0.3) is 49.1 Å². The third-order valence-electron chi connectivity index (χ3n) is 7.80. The summed E-state index contributed by atoms with van der Waals surface area (Å²) >= 11 is 0. The summed E-state index contributed by atoms with van der Waals surface area (Å²) in [5, 5.41) is 8.10. The van der Waals surface area contributed by atoms with E-state index in [1.54, 1.807) is 0 Å². The van der Waals surface area contributed by atoms with Crippen molar-refractivity contribution in [2.75, 3.05) is 0 Å². The summed E-state index contributed by atoms with van der Waals surface area (Å²) in [4.78, 5) is 5.07. The summed E-state index contributed by atoms with van der Waals surface area (Å²) in [7, 11) is -3.13. The first-order chi connectivity index (χ1) is 19.2. The van der Waals surface area contributed by atoms with Crippen molar-refractivity contribution < 1.29 is 4.57 Å². The van der Waals surface area contributed by atoms with Gasteiger partial charge in [0.25, 0.3) is 0 Å². The van der Waals surface area contributed by atoms with Crippen molar-refractivity contribution in [3.05, 3.63) is 140 Å². The zero-order valence-corrected chi connectivity index (χ0v) is 21.9. The lowest BCUT2D eigenvalue weighted by Crippen LogP contribution is -2.25. The highest BCUT2D eigenvalue weighted by molar-refractivity contribution is 7.85. The molecule has 8 rings (SSSR count). The maximum Gasteiger partial charge on any atom is 0.171 e. The molecule has 0 unspecified atom stereocenters. The van der Waals surface area contributed by atoms with Gasteiger partial charge in [-0.15, -0.1) is 0 Å². The minimum Gasteiger partial charge on any atom is -0.309 e. The summed E-state index contributed by atoms with van der Waals surface area (Å²) in [5.41, 5.74) is 4.02. The van der Waals surface area contributed by atoms with Crippen molar-refractivity contribution in [3.63, 3.8) is 0 Å². The van der Waals surface area contributed by atoms with Gasteiger partial charge in [-0.2, -0.15) is 0 Å². The summed E-state index contributed by atoms with van der Waals surface area (Å²) in [5.74, 6) is 0. The number of imidazole rings is 1. The molecule has 0 aliphatic rings. The molecule has 0 aliphatic heterocycles. The lowest BCUT2D eigenvalue weighted by Gasteiger charge is -2.21. The molecule has 6 aromatic carbocycles. The van der Waals surface area contributed by atoms with Gasteiger partial charge in [0.05, 0.1) is 16.6 Å². The first kappa shape index (κ1) is 22.3. The summed E-state index contributed by atoms with van der Waals surface area (Å²) in [6.45, 7) is 0. The van der Waals surface area contributed by atoms with E-state index in [4.69, 9.17) is 4.98 Å². The maximum atomic E-state index is 15.2. The summed E-state index contributed by atoms with van der Waals surface area (Å²) < 4.78 is 17.5. The number of rotatable bonds is 3.